The smallest absolute Gasteiger partial charge is 1.00 e. The number of carboxylic acids is 1. The summed E-state index contributed by atoms with van der Waals surface area (Å²) in [6.45, 7) is 57.8. The van der Waals surface area contributed by atoms with Gasteiger partial charge in [-0.3, -0.25) is 4.79 Å². The summed E-state index contributed by atoms with van der Waals surface area (Å²) in [7, 11) is -5.84. The molecule has 0 aromatic rings. The number of aliphatic hydroxyl groups excluding tert-OH is 1. The Bertz CT molecular complexity index is 3330. The molecule has 0 heterocycles. The van der Waals surface area contributed by atoms with Gasteiger partial charge in [0.15, 0.2) is 0 Å². The first-order valence-electron chi connectivity index (χ1n) is 42.4. The number of alkyl halides is 4. The number of nitrogens with one attached hydrogen (secondary N) is 1. The monoisotopic (exact) mass is 1850 g/mol. The average molecular weight is 1850 g/mol. The van der Waals surface area contributed by atoms with Gasteiger partial charge in [0.2, 0.25) is 5.91 Å². The van der Waals surface area contributed by atoms with Gasteiger partial charge in [-0.2, -0.15) is 39.8 Å². The Labute approximate surface area is 778 Å². The van der Waals surface area contributed by atoms with E-state index in [9.17, 15) is 40.8 Å². The summed E-state index contributed by atoms with van der Waals surface area (Å²) in [5.41, 5.74) is 13.3. The van der Waals surface area contributed by atoms with E-state index in [1.807, 2.05) is 58.1 Å². The van der Waals surface area contributed by atoms with Gasteiger partial charge in [-0.1, -0.05) is 195 Å². The van der Waals surface area contributed by atoms with Crippen LogP contribution in [0.3, 0.4) is 0 Å². The summed E-state index contributed by atoms with van der Waals surface area (Å²) in [5.74, 6) is -1.39. The van der Waals surface area contributed by atoms with Crippen LogP contribution in [0.1, 0.15) is 324 Å². The van der Waals surface area contributed by atoms with Crippen LogP contribution in [0.5, 0.6) is 0 Å². The molecule has 14 nitrogen and oxygen atoms in total. The molecule has 0 spiro atoms. The predicted molar refractivity (Wildman–Crippen MR) is 521 cm³/mol. The Hall–Kier alpha value is -5.75. The number of carbonyl (C=O) groups excluding carboxylic acids is 3. The SMILES string of the molecule is C=CCC/C(=C\C(=O)OCC)CC/C=C(\C)CCC=C(C)C.C=CCC/C(=C\CCl)CC/C=C(\C)CCC=C(C)C.C=CCC/C(=C\CO)CC/C=C(\C)CCC=C(C)C.C=CCC/C(=C\CSC[C@H](NC(C)=O)C(=O)O)CC/C=C(\C)CCC=C(C)C.CCOC(=O)/C=C(/CC/C=C(\C)CCC=C(C)C)OS(=O)(=O)C(F)(F)F.N.O.[Br-].[CH2-]CCC.[Mg+2]. The van der Waals surface area contributed by atoms with Crippen molar-refractivity contribution in [1.29, 1.82) is 0 Å². The molecule has 1 amide bonds. The molecule has 0 aliphatic carbocycles. The quantitative estimate of drug-likeness (QED) is 0.00423. The number of aliphatic hydroxyl groups is 1. The first-order chi connectivity index (χ1) is 55.7. The number of unbranched alkanes of at least 4 members (excludes halogenated alkanes) is 1. The third-order valence-corrected chi connectivity index (χ3v) is 19.2. The van der Waals surface area contributed by atoms with Crippen molar-refractivity contribution in [2.24, 2.45) is 0 Å². The Morgan fingerprint density at radius 1 is 0.459 bits per heavy atom. The largest absolute Gasteiger partial charge is 2.00 e. The number of rotatable bonds is 57. The van der Waals surface area contributed by atoms with Crippen LogP contribution in [0.2, 0.25) is 0 Å². The van der Waals surface area contributed by atoms with E-state index in [2.05, 4.69) is 204 Å². The van der Waals surface area contributed by atoms with Crippen LogP contribution in [0.25, 0.3) is 0 Å². The molecule has 698 valence electrons. The molecule has 0 aromatic carbocycles. The van der Waals surface area contributed by atoms with Crippen molar-refractivity contribution in [1.82, 2.24) is 11.5 Å². The molecule has 1 atom stereocenters. The number of allylic oxidation sites excluding steroid dienone is 30. The fourth-order valence-electron chi connectivity index (χ4n) is 10.3. The Morgan fingerprint density at radius 2 is 0.738 bits per heavy atom. The van der Waals surface area contributed by atoms with Crippen molar-refractivity contribution < 1.29 is 87.1 Å². The summed E-state index contributed by atoms with van der Waals surface area (Å²) in [5, 5.41) is 20.6. The van der Waals surface area contributed by atoms with E-state index in [1.165, 1.54) is 105 Å². The third kappa shape index (κ3) is 101. The summed E-state index contributed by atoms with van der Waals surface area (Å²) < 4.78 is 73.3. The normalized spacial score (nSPS) is 12.1. The number of hydrogen-bond acceptors (Lipinski definition) is 12. The maximum Gasteiger partial charge on any atom is 2.00 e. The van der Waals surface area contributed by atoms with Crippen molar-refractivity contribution >= 4 is 80.3 Å². The number of carboxylic acid groups (broad SMARTS) is 1. The Kier molecular flexibility index (Phi) is 106. The van der Waals surface area contributed by atoms with Crippen LogP contribution in [-0.2, 0) is 43.0 Å². The van der Waals surface area contributed by atoms with Gasteiger partial charge >= 0.3 is 56.6 Å². The second kappa shape index (κ2) is 94.4. The molecule has 0 radical (unpaired) electrons. The van der Waals surface area contributed by atoms with Crippen molar-refractivity contribution in [2.75, 3.05) is 37.2 Å². The summed E-state index contributed by atoms with van der Waals surface area (Å²) in [6.07, 6.45) is 67.7. The number of hydrogen-bond donors (Lipinski definition) is 4. The van der Waals surface area contributed by atoms with Gasteiger partial charge in [0, 0.05) is 36.8 Å². The molecular formula is C100H167BrClF3MgN2O12S2. The summed E-state index contributed by atoms with van der Waals surface area (Å²) >= 11 is 7.32. The van der Waals surface area contributed by atoms with Gasteiger partial charge in [0.05, 0.1) is 25.9 Å². The maximum absolute atomic E-state index is 12.5. The zero-order valence-electron chi connectivity index (χ0n) is 79.2. The van der Waals surface area contributed by atoms with E-state index in [-0.39, 0.29) is 89.6 Å². The van der Waals surface area contributed by atoms with Crippen LogP contribution < -0.4 is 28.4 Å². The van der Waals surface area contributed by atoms with Crippen molar-refractivity contribution in [3.8, 4) is 0 Å². The molecule has 22 heteroatoms. The number of amides is 1. The molecule has 0 rings (SSSR count). The molecule has 0 aliphatic heterocycles. The fourth-order valence-corrected chi connectivity index (χ4v) is 12.0. The zero-order valence-corrected chi connectivity index (χ0v) is 84.6. The minimum atomic E-state index is -5.84. The van der Waals surface area contributed by atoms with Crippen LogP contribution in [-0.4, -0.2) is 120 Å². The van der Waals surface area contributed by atoms with E-state index in [0.29, 0.717) is 24.3 Å². The molecule has 0 fully saturated rings. The number of aliphatic carboxylic acids is 1. The number of halogens is 5. The standard InChI is InChI=1S/C23H37NO3S.C20H32O2.C18H29Cl.C18H30O.C17H25F3O5S.C4H9.BrH.Mg.H3N.H2O/c1-6-7-13-21(14-9-12-19(4)11-8-10-18(2)3)15-16-28-17-22(23(26)27)24-20(5)25;1-6-8-14-19(16-20(21)22-7-2)15-10-13-18(5)12-9-11-17(3)4;2*1-5-6-12-18(14-15-19)13-8-11-17(4)10-7-9-16(2)3;1-5-24-16(21)12-15(25-26(22,23)17(18,19)20)11-7-10-14(4)9-6-8-13(2)3;1-3-4-2;;;;/h6,10,12,15,22H,1,7-9,11,13-14,16-17H2,2-5H3,(H,24,25)(H,26,27);6,11,13,16H,1,7-10,12,14-15H2,2-5H3;5,9,11,14H,1,6-8,10,12-13,15H2,2-4H3;5,9,11,14,19H,1,6-8,10,12-13,15H2,2-4H3;8,10,12H,5-7,9,11H2,1-4H3;1,3-4H2,2H3;1H;;1H3;1H2/q;;;;;-1;;+2;;/p-1/b19-12+,21-15+;18-13+,19-16+;2*17-11+,18-14+;14-10+,15-12-;;;;;/t22-;;;;;;;;;/m0........./s1. The van der Waals surface area contributed by atoms with Gasteiger partial charge in [0.1, 0.15) is 11.8 Å². The third-order valence-electron chi connectivity index (χ3n) is 17.1. The van der Waals surface area contributed by atoms with Crippen LogP contribution >= 0.6 is 23.4 Å². The molecule has 0 unspecified atom stereocenters. The van der Waals surface area contributed by atoms with Crippen molar-refractivity contribution in [2.45, 2.75) is 336 Å². The molecule has 0 saturated carbocycles. The minimum Gasteiger partial charge on any atom is -1.00 e. The second-order valence-corrected chi connectivity index (χ2v) is 33.1. The van der Waals surface area contributed by atoms with Gasteiger partial charge in [-0.15, -0.1) is 37.9 Å². The molecule has 8 N–H and O–H groups in total. The predicted octanol–water partition coefficient (Wildman–Crippen LogP) is 25.9. The van der Waals surface area contributed by atoms with E-state index >= 15 is 0 Å². The molecule has 0 aliphatic rings. The van der Waals surface area contributed by atoms with Crippen LogP contribution in [0, 0.1) is 6.92 Å². The van der Waals surface area contributed by atoms with E-state index in [4.69, 9.17) is 26.6 Å². The number of esters is 2. The van der Waals surface area contributed by atoms with E-state index < -0.39 is 39.4 Å². The van der Waals surface area contributed by atoms with Gasteiger partial charge in [0.25, 0.3) is 0 Å². The Morgan fingerprint density at radius 3 is 1.01 bits per heavy atom. The van der Waals surface area contributed by atoms with Gasteiger partial charge in [-0.05, 0) is 291 Å². The summed E-state index contributed by atoms with van der Waals surface area (Å²) in [4.78, 5) is 45.2. The maximum atomic E-state index is 12.5. The van der Waals surface area contributed by atoms with E-state index in [1.54, 1.807) is 12.2 Å². The van der Waals surface area contributed by atoms with Crippen molar-refractivity contribution in [3.63, 3.8) is 0 Å². The molecule has 0 saturated heterocycles. The molecule has 0 aromatic heterocycles. The van der Waals surface area contributed by atoms with Gasteiger partial charge < -0.3 is 64.7 Å². The van der Waals surface area contributed by atoms with Crippen LogP contribution in [0.15, 0.2) is 226 Å². The zero-order chi connectivity index (χ0) is 91.0. The summed E-state index contributed by atoms with van der Waals surface area (Å²) in [6, 6.07) is -0.834. The topological polar surface area (TPSA) is 249 Å². The number of thioether (sulfide) groups is 1. The first kappa shape index (κ1) is 137. The second-order valence-electron chi connectivity index (χ2n) is 30.2. The van der Waals surface area contributed by atoms with Crippen LogP contribution in [0.4, 0.5) is 13.2 Å². The Balaban J connectivity index is -0.000000159. The first-order valence-corrected chi connectivity index (χ1v) is 45.5. The molecular weight excluding hydrogens is 1680 g/mol. The number of carbonyl (C=O) groups is 4. The van der Waals surface area contributed by atoms with E-state index in [0.717, 1.165) is 184 Å². The minimum absolute atomic E-state index is 0. The van der Waals surface area contributed by atoms with Crippen molar-refractivity contribution in [3.05, 3.63) is 232 Å². The number of ether oxygens (including phenoxy) is 2. The molecule has 0 bridgehead atoms. The van der Waals surface area contributed by atoms with Gasteiger partial charge in [-0.25, -0.2) is 14.4 Å². The average Bonchev–Trinajstić information content (AvgIpc) is 0.829. The fraction of sp³-hybridized carbons (Fsp3) is 0.570. The molecule has 122 heavy (non-hydrogen) atoms.